The van der Waals surface area contributed by atoms with Gasteiger partial charge in [0, 0.05) is 25.6 Å². The van der Waals surface area contributed by atoms with E-state index < -0.39 is 0 Å². The van der Waals surface area contributed by atoms with Crippen molar-refractivity contribution in [3.63, 3.8) is 0 Å². The third-order valence-electron chi connectivity index (χ3n) is 3.00. The van der Waals surface area contributed by atoms with E-state index in [-0.39, 0.29) is 11.9 Å². The minimum absolute atomic E-state index is 0.00681. The molecule has 0 spiro atoms. The number of hydrogen-bond acceptors (Lipinski definition) is 4. The molecule has 1 aromatic carbocycles. The third kappa shape index (κ3) is 4.36. The average molecular weight is 259 g/mol. The quantitative estimate of drug-likeness (QED) is 0.828. The van der Waals surface area contributed by atoms with Crippen LogP contribution in [0, 0.1) is 11.3 Å². The van der Waals surface area contributed by atoms with E-state index >= 15 is 0 Å². The topological polar surface area (TPSA) is 74.2 Å². The molecule has 1 unspecified atom stereocenters. The maximum Gasteiger partial charge on any atom is 0.221 e. The van der Waals surface area contributed by atoms with Gasteiger partial charge in [-0.05, 0) is 17.7 Å². The Hall–Kier alpha value is -1.90. The Morgan fingerprint density at radius 2 is 2.26 bits per heavy atom. The van der Waals surface area contributed by atoms with Gasteiger partial charge in [0.1, 0.15) is 0 Å². The van der Waals surface area contributed by atoms with Gasteiger partial charge in [-0.3, -0.25) is 4.79 Å². The lowest BCUT2D eigenvalue weighted by Crippen LogP contribution is -2.44. The van der Waals surface area contributed by atoms with Gasteiger partial charge in [-0.1, -0.05) is 12.1 Å². The van der Waals surface area contributed by atoms with E-state index in [1.54, 1.807) is 12.1 Å². The molecule has 5 heteroatoms. The fraction of sp³-hybridized carbons (Fsp3) is 0.429. The van der Waals surface area contributed by atoms with Crippen molar-refractivity contribution in [3.8, 4) is 6.07 Å². The molecular formula is C14H17N3O2. The molecule has 1 aromatic rings. The SMILES string of the molecule is N#Cc1ccc(CNC(=O)CC2COCCN2)cc1. The van der Waals surface area contributed by atoms with Gasteiger partial charge in [0.05, 0.1) is 24.8 Å². The number of amides is 1. The second-order valence-corrected chi connectivity index (χ2v) is 4.52. The molecule has 1 heterocycles. The Balaban J connectivity index is 1.74. The van der Waals surface area contributed by atoms with Crippen molar-refractivity contribution >= 4 is 5.91 Å². The first kappa shape index (κ1) is 13.5. The molecule has 0 aromatic heterocycles. The second-order valence-electron chi connectivity index (χ2n) is 4.52. The van der Waals surface area contributed by atoms with Gasteiger partial charge in [-0.15, -0.1) is 0 Å². The smallest absolute Gasteiger partial charge is 0.221 e. The number of rotatable bonds is 4. The zero-order valence-corrected chi connectivity index (χ0v) is 10.7. The third-order valence-corrected chi connectivity index (χ3v) is 3.00. The molecule has 1 atom stereocenters. The summed E-state index contributed by atoms with van der Waals surface area (Å²) >= 11 is 0. The van der Waals surface area contributed by atoms with Crippen LogP contribution in [-0.2, 0) is 16.1 Å². The van der Waals surface area contributed by atoms with Crippen molar-refractivity contribution in [1.29, 1.82) is 5.26 Å². The fourth-order valence-corrected chi connectivity index (χ4v) is 1.94. The number of benzene rings is 1. The summed E-state index contributed by atoms with van der Waals surface area (Å²) < 4.78 is 5.30. The van der Waals surface area contributed by atoms with E-state index in [0.29, 0.717) is 31.7 Å². The first-order valence-electron chi connectivity index (χ1n) is 6.35. The highest BCUT2D eigenvalue weighted by Crippen LogP contribution is 2.03. The number of hydrogen-bond donors (Lipinski definition) is 2. The molecule has 1 fully saturated rings. The lowest BCUT2D eigenvalue weighted by molar-refractivity contribution is -0.122. The fourth-order valence-electron chi connectivity index (χ4n) is 1.94. The number of nitrogens with zero attached hydrogens (tertiary/aromatic N) is 1. The number of carbonyl (C=O) groups is 1. The van der Waals surface area contributed by atoms with E-state index in [9.17, 15) is 4.79 Å². The van der Waals surface area contributed by atoms with Crippen molar-refractivity contribution in [3.05, 3.63) is 35.4 Å². The van der Waals surface area contributed by atoms with E-state index in [0.717, 1.165) is 12.1 Å². The van der Waals surface area contributed by atoms with Gasteiger partial charge in [0.25, 0.3) is 0 Å². The van der Waals surface area contributed by atoms with E-state index in [1.165, 1.54) is 0 Å². The molecule has 2 N–H and O–H groups in total. The Bertz CT molecular complexity index is 459. The molecule has 5 nitrogen and oxygen atoms in total. The van der Waals surface area contributed by atoms with Crippen molar-refractivity contribution in [2.75, 3.05) is 19.8 Å². The van der Waals surface area contributed by atoms with Crippen LogP contribution < -0.4 is 10.6 Å². The lowest BCUT2D eigenvalue weighted by Gasteiger charge is -2.23. The van der Waals surface area contributed by atoms with Gasteiger partial charge in [0.2, 0.25) is 5.91 Å². The molecule has 0 bridgehead atoms. The molecule has 0 radical (unpaired) electrons. The summed E-state index contributed by atoms with van der Waals surface area (Å²) in [6.45, 7) is 2.58. The van der Waals surface area contributed by atoms with Gasteiger partial charge in [0.15, 0.2) is 0 Å². The molecule has 1 amide bonds. The Morgan fingerprint density at radius 1 is 1.47 bits per heavy atom. The van der Waals surface area contributed by atoms with Gasteiger partial charge in [-0.2, -0.15) is 5.26 Å². The maximum atomic E-state index is 11.7. The van der Waals surface area contributed by atoms with Crippen LogP contribution in [0.15, 0.2) is 24.3 Å². The Morgan fingerprint density at radius 3 is 2.89 bits per heavy atom. The minimum atomic E-state index is 0.00681. The Kier molecular flexibility index (Phi) is 4.90. The van der Waals surface area contributed by atoms with Crippen molar-refractivity contribution in [1.82, 2.24) is 10.6 Å². The van der Waals surface area contributed by atoms with Crippen LogP contribution in [0.2, 0.25) is 0 Å². The van der Waals surface area contributed by atoms with Gasteiger partial charge < -0.3 is 15.4 Å². The normalized spacial score (nSPS) is 18.6. The summed E-state index contributed by atoms with van der Waals surface area (Å²) in [5, 5.41) is 14.8. The number of morpholine rings is 1. The van der Waals surface area contributed by atoms with Crippen LogP contribution in [-0.4, -0.2) is 31.7 Å². The molecular weight excluding hydrogens is 242 g/mol. The summed E-state index contributed by atoms with van der Waals surface area (Å²) in [5.74, 6) is 0.00681. The zero-order chi connectivity index (χ0) is 13.5. The monoisotopic (exact) mass is 259 g/mol. The van der Waals surface area contributed by atoms with Crippen LogP contribution in [0.25, 0.3) is 0 Å². The van der Waals surface area contributed by atoms with Crippen molar-refractivity contribution in [2.24, 2.45) is 0 Å². The molecule has 19 heavy (non-hydrogen) atoms. The van der Waals surface area contributed by atoms with Crippen LogP contribution in [0.5, 0.6) is 0 Å². The lowest BCUT2D eigenvalue weighted by atomic mass is 10.1. The molecule has 2 rings (SSSR count). The number of carbonyl (C=O) groups excluding carboxylic acids is 1. The summed E-state index contributed by atoms with van der Waals surface area (Å²) in [4.78, 5) is 11.7. The first-order valence-corrected chi connectivity index (χ1v) is 6.35. The summed E-state index contributed by atoms with van der Waals surface area (Å²) in [7, 11) is 0. The standard InChI is InChI=1S/C14H17N3O2/c15-8-11-1-3-12(4-2-11)9-17-14(18)7-13-10-19-6-5-16-13/h1-4,13,16H,5-7,9-10H2,(H,17,18). The number of ether oxygens (including phenoxy) is 1. The van der Waals surface area contributed by atoms with Crippen molar-refractivity contribution < 1.29 is 9.53 Å². The van der Waals surface area contributed by atoms with Crippen LogP contribution >= 0.6 is 0 Å². The number of nitrogens with one attached hydrogen (secondary N) is 2. The molecule has 1 saturated heterocycles. The first-order chi connectivity index (χ1) is 9.28. The largest absolute Gasteiger partial charge is 0.378 e. The van der Waals surface area contributed by atoms with Gasteiger partial charge in [-0.25, -0.2) is 0 Å². The van der Waals surface area contributed by atoms with E-state index in [4.69, 9.17) is 10.00 Å². The van der Waals surface area contributed by atoms with Gasteiger partial charge >= 0.3 is 0 Å². The highest BCUT2D eigenvalue weighted by Gasteiger charge is 2.16. The Labute approximate surface area is 112 Å². The van der Waals surface area contributed by atoms with Crippen molar-refractivity contribution in [2.45, 2.75) is 19.0 Å². The van der Waals surface area contributed by atoms with E-state index in [1.807, 2.05) is 12.1 Å². The summed E-state index contributed by atoms with van der Waals surface area (Å²) in [6, 6.07) is 9.36. The number of nitriles is 1. The molecule has 0 aliphatic carbocycles. The average Bonchev–Trinajstić information content (AvgIpc) is 2.47. The highest BCUT2D eigenvalue weighted by atomic mass is 16.5. The molecule has 0 saturated carbocycles. The summed E-state index contributed by atoms with van der Waals surface area (Å²) in [5.41, 5.74) is 1.61. The predicted octanol–water partition coefficient (Wildman–Crippen LogP) is 0.553. The molecule has 1 aliphatic rings. The van der Waals surface area contributed by atoms with Crippen LogP contribution in [0.3, 0.4) is 0 Å². The molecule has 100 valence electrons. The predicted molar refractivity (Wildman–Crippen MR) is 70.2 cm³/mol. The molecule has 1 aliphatic heterocycles. The minimum Gasteiger partial charge on any atom is -0.378 e. The van der Waals surface area contributed by atoms with Crippen LogP contribution in [0.4, 0.5) is 0 Å². The van der Waals surface area contributed by atoms with E-state index in [2.05, 4.69) is 16.7 Å². The van der Waals surface area contributed by atoms with Crippen LogP contribution in [0.1, 0.15) is 17.5 Å². The highest BCUT2D eigenvalue weighted by molar-refractivity contribution is 5.76. The second kappa shape index (κ2) is 6.88. The zero-order valence-electron chi connectivity index (χ0n) is 10.7. The maximum absolute atomic E-state index is 11.7. The summed E-state index contributed by atoms with van der Waals surface area (Å²) in [6.07, 6.45) is 0.427.